The number of benzene rings is 1. The fourth-order valence-electron chi connectivity index (χ4n) is 4.43. The summed E-state index contributed by atoms with van der Waals surface area (Å²) in [5, 5.41) is 4.44. The average Bonchev–Trinajstić information content (AvgIpc) is 3.01. The van der Waals surface area contributed by atoms with Gasteiger partial charge in [-0.2, -0.15) is 5.10 Å². The minimum Gasteiger partial charge on any atom is -0.338 e. The zero-order valence-electron chi connectivity index (χ0n) is 15.9. The van der Waals surface area contributed by atoms with Crippen LogP contribution in [-0.4, -0.2) is 38.2 Å². The first-order chi connectivity index (χ1) is 12.9. The molecule has 142 valence electrons. The number of hydrogen-bond donors (Lipinski definition) is 0. The number of likely N-dealkylation sites (tertiary alicyclic amines) is 1. The van der Waals surface area contributed by atoms with E-state index in [2.05, 4.69) is 11.2 Å². The van der Waals surface area contributed by atoms with Crippen molar-refractivity contribution in [2.75, 3.05) is 13.1 Å². The van der Waals surface area contributed by atoms with Crippen molar-refractivity contribution in [3.63, 3.8) is 0 Å². The molecule has 4 rings (SSSR count). The zero-order valence-corrected chi connectivity index (χ0v) is 15.9. The van der Waals surface area contributed by atoms with E-state index in [0.717, 1.165) is 17.5 Å². The molecular weight excluding hydrogens is 344 g/mol. The zero-order chi connectivity index (χ0) is 19.3. The van der Waals surface area contributed by atoms with E-state index in [-0.39, 0.29) is 17.7 Å². The molecule has 0 saturated carbocycles. The summed E-state index contributed by atoms with van der Waals surface area (Å²) >= 11 is 0. The maximum Gasteiger partial charge on any atom is 0.332 e. The summed E-state index contributed by atoms with van der Waals surface area (Å²) in [4.78, 5) is 39.4. The molecule has 0 bridgehead atoms. The highest BCUT2D eigenvalue weighted by molar-refractivity contribution is 5.94. The van der Waals surface area contributed by atoms with E-state index in [9.17, 15) is 14.4 Å². The molecular formula is C20H24N4O3. The van der Waals surface area contributed by atoms with E-state index in [1.807, 2.05) is 30.9 Å². The third kappa shape index (κ3) is 2.91. The van der Waals surface area contributed by atoms with Crippen LogP contribution < -0.4 is 11.1 Å². The fourth-order valence-corrected chi connectivity index (χ4v) is 4.43. The quantitative estimate of drug-likeness (QED) is 0.749. The van der Waals surface area contributed by atoms with Crippen molar-refractivity contribution in [2.45, 2.75) is 46.2 Å². The van der Waals surface area contributed by atoms with E-state index < -0.39 is 11.1 Å². The molecule has 2 aromatic rings. The van der Waals surface area contributed by atoms with E-state index in [4.69, 9.17) is 0 Å². The Kier molecular flexibility index (Phi) is 4.25. The first-order valence-corrected chi connectivity index (χ1v) is 9.48. The lowest BCUT2D eigenvalue weighted by atomic mass is 9.87. The molecule has 1 fully saturated rings. The second kappa shape index (κ2) is 6.48. The number of nitrogens with zero attached hydrogens (tertiary/aromatic N) is 4. The number of carbonyl (C=O) groups is 1. The van der Waals surface area contributed by atoms with Crippen molar-refractivity contribution in [1.82, 2.24) is 19.2 Å². The number of hydrogen-bond acceptors (Lipinski definition) is 4. The van der Waals surface area contributed by atoms with E-state index >= 15 is 0 Å². The van der Waals surface area contributed by atoms with Gasteiger partial charge in [-0.15, -0.1) is 0 Å². The lowest BCUT2D eigenvalue weighted by Gasteiger charge is -2.34. The summed E-state index contributed by atoms with van der Waals surface area (Å²) in [6.45, 7) is 7.86. The van der Waals surface area contributed by atoms with E-state index in [1.54, 1.807) is 6.92 Å². The van der Waals surface area contributed by atoms with Crippen LogP contribution >= 0.6 is 0 Å². The number of carbonyl (C=O) groups excluding carboxylic acids is 1. The Bertz CT molecular complexity index is 1020. The van der Waals surface area contributed by atoms with Gasteiger partial charge in [0.15, 0.2) is 0 Å². The third-order valence-electron chi connectivity index (χ3n) is 5.72. The van der Waals surface area contributed by atoms with Crippen LogP contribution in [0.4, 0.5) is 0 Å². The largest absolute Gasteiger partial charge is 0.338 e. The molecule has 2 unspecified atom stereocenters. The number of amides is 1. The Balaban J connectivity index is 1.66. The van der Waals surface area contributed by atoms with Gasteiger partial charge in [-0.1, -0.05) is 17.2 Å². The van der Waals surface area contributed by atoms with Crippen molar-refractivity contribution < 1.29 is 4.79 Å². The maximum absolute atomic E-state index is 13.0. The van der Waals surface area contributed by atoms with Crippen LogP contribution in [0.5, 0.6) is 0 Å². The Hall–Kier alpha value is -2.70. The minimum atomic E-state index is -0.567. The number of piperidine rings is 1. The second-order valence-electron chi connectivity index (χ2n) is 7.68. The average molecular weight is 368 g/mol. The first-order valence-electron chi connectivity index (χ1n) is 9.48. The summed E-state index contributed by atoms with van der Waals surface area (Å²) in [6, 6.07) is 5.89. The third-order valence-corrected chi connectivity index (χ3v) is 5.72. The molecule has 27 heavy (non-hydrogen) atoms. The van der Waals surface area contributed by atoms with Gasteiger partial charge in [0.1, 0.15) is 5.82 Å². The van der Waals surface area contributed by atoms with Gasteiger partial charge in [0.2, 0.25) is 0 Å². The SMILES string of the molecule is CCn1nc2n(c(=O)c1=O)CC1CCN(C(=O)c3cc(C)cc(C)c3)CC21. The van der Waals surface area contributed by atoms with Crippen LogP contribution in [-0.2, 0) is 13.1 Å². The van der Waals surface area contributed by atoms with Gasteiger partial charge < -0.3 is 4.90 Å². The molecule has 0 radical (unpaired) electrons. The fraction of sp³-hybridized carbons (Fsp3) is 0.500. The molecule has 2 aliphatic rings. The smallest absolute Gasteiger partial charge is 0.332 e. The summed E-state index contributed by atoms with van der Waals surface area (Å²) < 4.78 is 2.76. The van der Waals surface area contributed by atoms with Gasteiger partial charge in [-0.3, -0.25) is 19.0 Å². The molecule has 1 aromatic carbocycles. The summed E-state index contributed by atoms with van der Waals surface area (Å²) in [7, 11) is 0. The molecule has 0 aliphatic carbocycles. The molecule has 7 heteroatoms. The molecule has 0 N–H and O–H groups in total. The predicted octanol–water partition coefficient (Wildman–Crippen LogP) is 1.30. The van der Waals surface area contributed by atoms with Crippen LogP contribution in [0.2, 0.25) is 0 Å². The highest BCUT2D eigenvalue weighted by atomic mass is 16.2. The van der Waals surface area contributed by atoms with Crippen molar-refractivity contribution in [2.24, 2.45) is 5.92 Å². The van der Waals surface area contributed by atoms with Gasteiger partial charge >= 0.3 is 11.1 Å². The van der Waals surface area contributed by atoms with E-state index in [0.29, 0.717) is 37.6 Å². The Morgan fingerprint density at radius 1 is 1.11 bits per heavy atom. The highest BCUT2D eigenvalue weighted by Crippen LogP contribution is 2.37. The second-order valence-corrected chi connectivity index (χ2v) is 7.68. The molecule has 0 spiro atoms. The van der Waals surface area contributed by atoms with Crippen LogP contribution in [0, 0.1) is 19.8 Å². The lowest BCUT2D eigenvalue weighted by molar-refractivity contribution is 0.0667. The van der Waals surface area contributed by atoms with Gasteiger partial charge in [0.05, 0.1) is 0 Å². The number of fused-ring (bicyclic) bond motifs is 3. The summed E-state index contributed by atoms with van der Waals surface area (Å²) in [5.41, 5.74) is 1.78. The molecule has 1 aromatic heterocycles. The van der Waals surface area contributed by atoms with Crippen molar-refractivity contribution in [1.29, 1.82) is 0 Å². The van der Waals surface area contributed by atoms with Crippen LogP contribution in [0.15, 0.2) is 27.8 Å². The first kappa shape index (κ1) is 17.7. The molecule has 2 atom stereocenters. The minimum absolute atomic E-state index is 0.000272. The molecule has 7 nitrogen and oxygen atoms in total. The number of rotatable bonds is 2. The summed E-state index contributed by atoms with van der Waals surface area (Å²) in [5.74, 6) is 0.912. The van der Waals surface area contributed by atoms with Crippen molar-refractivity contribution in [3.8, 4) is 0 Å². The van der Waals surface area contributed by atoms with E-state index in [1.165, 1.54) is 9.25 Å². The molecule has 1 saturated heterocycles. The topological polar surface area (TPSA) is 77.2 Å². The molecule has 2 aliphatic heterocycles. The molecule has 1 amide bonds. The van der Waals surface area contributed by atoms with Gasteiger partial charge in [-0.05, 0) is 45.2 Å². The van der Waals surface area contributed by atoms with Crippen LogP contribution in [0.1, 0.15) is 46.6 Å². The number of aromatic nitrogens is 3. The standard InChI is InChI=1S/C20H24N4O3/c1-4-24-20(27)19(26)23-10-14-5-6-22(11-16(14)17(23)21-24)18(25)15-8-12(2)7-13(3)9-15/h7-9,14,16H,4-6,10-11H2,1-3H3. The van der Waals surface area contributed by atoms with Gasteiger partial charge in [-0.25, -0.2) is 4.68 Å². The highest BCUT2D eigenvalue weighted by Gasteiger charge is 2.41. The predicted molar refractivity (Wildman–Crippen MR) is 101 cm³/mol. The lowest BCUT2D eigenvalue weighted by Crippen LogP contribution is -2.44. The Morgan fingerprint density at radius 3 is 2.48 bits per heavy atom. The van der Waals surface area contributed by atoms with Gasteiger partial charge in [0, 0.05) is 37.7 Å². The maximum atomic E-state index is 13.0. The van der Waals surface area contributed by atoms with Crippen LogP contribution in [0.3, 0.4) is 0 Å². The normalized spacial score (nSPS) is 21.1. The molecule has 3 heterocycles. The Labute approximate surface area is 157 Å². The van der Waals surface area contributed by atoms with Crippen LogP contribution in [0.25, 0.3) is 0 Å². The monoisotopic (exact) mass is 368 g/mol. The number of aryl methyl sites for hydroxylation is 3. The Morgan fingerprint density at radius 2 is 1.81 bits per heavy atom. The van der Waals surface area contributed by atoms with Crippen molar-refractivity contribution >= 4 is 5.91 Å². The van der Waals surface area contributed by atoms with Crippen molar-refractivity contribution in [3.05, 3.63) is 61.4 Å². The van der Waals surface area contributed by atoms with Gasteiger partial charge in [0.25, 0.3) is 5.91 Å². The summed E-state index contributed by atoms with van der Waals surface area (Å²) in [6.07, 6.45) is 0.810.